The minimum absolute atomic E-state index is 0.0614. The van der Waals surface area contributed by atoms with Crippen LogP contribution in [0.25, 0.3) is 10.2 Å². The first kappa shape index (κ1) is 20.3. The van der Waals surface area contributed by atoms with Gasteiger partial charge in [0.2, 0.25) is 5.91 Å². The molecule has 1 aliphatic heterocycles. The van der Waals surface area contributed by atoms with Crippen molar-refractivity contribution in [2.75, 3.05) is 4.90 Å². The minimum atomic E-state index is -1.00. The van der Waals surface area contributed by atoms with Gasteiger partial charge in [0, 0.05) is 11.7 Å². The molecule has 0 radical (unpaired) electrons. The first-order chi connectivity index (χ1) is 14.9. The number of anilines is 1. The Morgan fingerprint density at radius 1 is 1.10 bits per heavy atom. The lowest BCUT2D eigenvalue weighted by molar-refractivity contribution is -0.127. The van der Waals surface area contributed by atoms with Crippen LogP contribution in [0.2, 0.25) is 0 Å². The Balaban J connectivity index is 1.61. The second-order valence-electron chi connectivity index (χ2n) is 9.28. The lowest BCUT2D eigenvalue weighted by Crippen LogP contribution is -2.65. The third-order valence-electron chi connectivity index (χ3n) is 7.08. The zero-order valence-corrected chi connectivity index (χ0v) is 19.2. The van der Waals surface area contributed by atoms with E-state index in [4.69, 9.17) is 0 Å². The summed E-state index contributed by atoms with van der Waals surface area (Å²) < 4.78 is 3.12. The van der Waals surface area contributed by atoms with E-state index in [0.717, 1.165) is 47.2 Å². The van der Waals surface area contributed by atoms with Crippen molar-refractivity contribution in [3.8, 4) is 0 Å². The van der Waals surface area contributed by atoms with Crippen LogP contribution in [0.15, 0.2) is 35.7 Å². The Morgan fingerprint density at radius 2 is 1.87 bits per heavy atom. The zero-order chi connectivity index (χ0) is 21.8. The number of nitrogens with zero attached hydrogens (tertiary/aromatic N) is 2. The van der Waals surface area contributed by atoms with E-state index < -0.39 is 5.54 Å². The van der Waals surface area contributed by atoms with Crippen molar-refractivity contribution in [2.24, 2.45) is 0 Å². The quantitative estimate of drug-likeness (QED) is 0.616. The van der Waals surface area contributed by atoms with Crippen molar-refractivity contribution in [1.82, 2.24) is 9.88 Å². The van der Waals surface area contributed by atoms with Gasteiger partial charge in [-0.05, 0) is 74.4 Å². The van der Waals surface area contributed by atoms with Crippen LogP contribution >= 0.6 is 11.3 Å². The van der Waals surface area contributed by atoms with Gasteiger partial charge in [0.05, 0.1) is 16.8 Å². The molecule has 6 heteroatoms. The Labute approximate surface area is 187 Å². The molecule has 0 spiro atoms. The fourth-order valence-electron chi connectivity index (χ4n) is 5.07. The molecule has 2 amide bonds. The molecule has 0 bridgehead atoms. The van der Waals surface area contributed by atoms with Crippen molar-refractivity contribution in [3.63, 3.8) is 0 Å². The number of carbonyl (C=O) groups excluding carboxylic acids is 2. The molecule has 0 saturated heterocycles. The molecule has 1 aliphatic carbocycles. The Bertz CT molecular complexity index is 1170. The molecule has 1 fully saturated rings. The third kappa shape index (κ3) is 3.28. The Kier molecular flexibility index (Phi) is 4.93. The zero-order valence-electron chi connectivity index (χ0n) is 18.4. The van der Waals surface area contributed by atoms with Crippen LogP contribution in [0.1, 0.15) is 60.6 Å². The molecule has 3 aromatic rings. The first-order valence-corrected chi connectivity index (χ1v) is 12.1. The van der Waals surface area contributed by atoms with Crippen LogP contribution in [0.3, 0.4) is 0 Å². The largest absolute Gasteiger partial charge is 0.351 e. The molecule has 5 nitrogen and oxygen atoms in total. The fourth-order valence-corrected chi connectivity index (χ4v) is 5.89. The summed E-state index contributed by atoms with van der Waals surface area (Å²) in [5, 5.41) is 5.34. The van der Waals surface area contributed by atoms with Crippen molar-refractivity contribution in [3.05, 3.63) is 52.5 Å². The summed E-state index contributed by atoms with van der Waals surface area (Å²) in [6.07, 6.45) is 5.57. The van der Waals surface area contributed by atoms with Gasteiger partial charge in [0.15, 0.2) is 0 Å². The maximum Gasteiger partial charge on any atom is 0.275 e. The number of hydrogen-bond donors (Lipinski definition) is 1. The number of thiophene rings is 1. The maximum atomic E-state index is 13.8. The van der Waals surface area contributed by atoms with Crippen LogP contribution in [0.4, 0.5) is 5.69 Å². The molecular formula is C25H29N3O2S. The van der Waals surface area contributed by atoms with E-state index in [2.05, 4.69) is 12.2 Å². The number of nitrogens with one attached hydrogen (secondary N) is 1. The second kappa shape index (κ2) is 7.52. The summed E-state index contributed by atoms with van der Waals surface area (Å²) in [5.74, 6) is -0.173. The molecule has 1 atom stereocenters. The van der Waals surface area contributed by atoms with Crippen molar-refractivity contribution in [1.29, 1.82) is 0 Å². The smallest absolute Gasteiger partial charge is 0.275 e. The summed E-state index contributed by atoms with van der Waals surface area (Å²) in [6, 6.07) is 10.2. The van der Waals surface area contributed by atoms with Crippen LogP contribution in [0, 0.1) is 13.8 Å². The highest BCUT2D eigenvalue weighted by molar-refractivity contribution is 7.17. The summed E-state index contributed by atoms with van der Waals surface area (Å²) in [6.45, 7) is 6.47. The van der Waals surface area contributed by atoms with Gasteiger partial charge in [-0.25, -0.2) is 0 Å². The van der Waals surface area contributed by atoms with E-state index in [1.165, 1.54) is 12.0 Å². The first-order valence-electron chi connectivity index (χ1n) is 11.2. The van der Waals surface area contributed by atoms with Crippen molar-refractivity contribution < 1.29 is 9.59 Å². The lowest BCUT2D eigenvalue weighted by atomic mass is 9.90. The number of rotatable bonds is 3. The number of aromatic nitrogens is 1. The maximum absolute atomic E-state index is 13.8. The predicted molar refractivity (Wildman–Crippen MR) is 126 cm³/mol. The van der Waals surface area contributed by atoms with E-state index in [0.29, 0.717) is 12.2 Å². The molecule has 162 valence electrons. The standard InChI is InChI=1S/C25H29N3O2S/c1-16-9-10-19(13-17(16)2)28-23(29)21-14-22-20(11-12-31-22)27(21)15-25(28,3)24(30)26-18-7-5-4-6-8-18/h9-14,18H,4-8,15H2,1-3H3,(H,26,30)/t25-/m1/s1. The van der Waals surface area contributed by atoms with E-state index in [-0.39, 0.29) is 17.9 Å². The van der Waals surface area contributed by atoms with E-state index in [1.54, 1.807) is 16.2 Å². The number of fused-ring (bicyclic) bond motifs is 3. The van der Waals surface area contributed by atoms with Gasteiger partial charge >= 0.3 is 0 Å². The summed E-state index contributed by atoms with van der Waals surface area (Å²) in [5.41, 5.74) is 3.75. The highest BCUT2D eigenvalue weighted by atomic mass is 32.1. The molecule has 0 unspecified atom stereocenters. The molecule has 31 heavy (non-hydrogen) atoms. The van der Waals surface area contributed by atoms with Crippen LogP contribution < -0.4 is 10.2 Å². The SMILES string of the molecule is Cc1ccc(N2C(=O)c3cc4sccc4n3C[C@]2(C)C(=O)NC2CCCCC2)cc1C. The van der Waals surface area contributed by atoms with E-state index >= 15 is 0 Å². The Morgan fingerprint density at radius 3 is 2.61 bits per heavy atom. The van der Waals surface area contributed by atoms with Crippen LogP contribution in [-0.4, -0.2) is 28.0 Å². The van der Waals surface area contributed by atoms with E-state index in [9.17, 15) is 9.59 Å². The van der Waals surface area contributed by atoms with Gasteiger partial charge in [-0.15, -0.1) is 11.3 Å². The van der Waals surface area contributed by atoms with Gasteiger partial charge in [0.25, 0.3) is 5.91 Å². The van der Waals surface area contributed by atoms with Gasteiger partial charge in [0.1, 0.15) is 11.2 Å². The van der Waals surface area contributed by atoms with Gasteiger partial charge in [-0.2, -0.15) is 0 Å². The third-order valence-corrected chi connectivity index (χ3v) is 7.94. The predicted octanol–water partition coefficient (Wildman–Crippen LogP) is 5.19. The number of benzene rings is 1. The Hall–Kier alpha value is -2.60. The second-order valence-corrected chi connectivity index (χ2v) is 10.2. The van der Waals surface area contributed by atoms with E-state index in [1.807, 2.05) is 54.1 Å². The molecule has 1 saturated carbocycles. The molecule has 3 heterocycles. The lowest BCUT2D eigenvalue weighted by Gasteiger charge is -2.45. The molecule has 2 aromatic heterocycles. The fraction of sp³-hybridized carbons (Fsp3) is 0.440. The highest BCUT2D eigenvalue weighted by Crippen LogP contribution is 2.38. The monoisotopic (exact) mass is 435 g/mol. The summed E-state index contributed by atoms with van der Waals surface area (Å²) in [4.78, 5) is 29.3. The van der Waals surface area contributed by atoms with Gasteiger partial charge in [-0.1, -0.05) is 25.3 Å². The minimum Gasteiger partial charge on any atom is -0.351 e. The van der Waals surface area contributed by atoms with Crippen LogP contribution in [-0.2, 0) is 11.3 Å². The molecule has 5 rings (SSSR count). The van der Waals surface area contributed by atoms with Gasteiger partial charge in [-0.3, -0.25) is 14.5 Å². The normalized spacial score (nSPS) is 22.0. The topological polar surface area (TPSA) is 54.3 Å². The molecule has 2 aliphatic rings. The number of amides is 2. The molecular weight excluding hydrogens is 406 g/mol. The summed E-state index contributed by atoms with van der Waals surface area (Å²) >= 11 is 1.63. The van der Waals surface area contributed by atoms with Gasteiger partial charge < -0.3 is 9.88 Å². The summed E-state index contributed by atoms with van der Waals surface area (Å²) in [7, 11) is 0. The number of hydrogen-bond acceptors (Lipinski definition) is 3. The highest BCUT2D eigenvalue weighted by Gasteiger charge is 2.49. The van der Waals surface area contributed by atoms with Crippen molar-refractivity contribution >= 4 is 39.1 Å². The molecule has 1 N–H and O–H groups in total. The van der Waals surface area contributed by atoms with Crippen LogP contribution in [0.5, 0.6) is 0 Å². The number of carbonyl (C=O) groups is 2. The average molecular weight is 436 g/mol. The molecule has 1 aromatic carbocycles. The van der Waals surface area contributed by atoms with Crippen molar-refractivity contribution in [2.45, 2.75) is 71.0 Å². The average Bonchev–Trinajstić information content (AvgIpc) is 3.34. The number of aryl methyl sites for hydroxylation is 2.